The van der Waals surface area contributed by atoms with Crippen molar-refractivity contribution >= 4 is 40.1 Å². The smallest absolute Gasteiger partial charge is 0.319 e. The molecule has 0 saturated carbocycles. The maximum absolute atomic E-state index is 12.7. The molecule has 3 heterocycles. The Morgan fingerprint density at radius 2 is 1.93 bits per heavy atom. The van der Waals surface area contributed by atoms with Gasteiger partial charge in [-0.25, -0.2) is 14.8 Å². The Kier molecular flexibility index (Phi) is 9.48. The number of amides is 3. The average molecular weight is 598 g/mol. The first-order valence-corrected chi connectivity index (χ1v) is 14.6. The summed E-state index contributed by atoms with van der Waals surface area (Å²) in [5.41, 5.74) is 1.37. The summed E-state index contributed by atoms with van der Waals surface area (Å²) in [7, 11) is 1.56. The molecule has 0 unspecified atom stereocenters. The lowest BCUT2D eigenvalue weighted by atomic mass is 9.77. The Morgan fingerprint density at radius 1 is 1.12 bits per heavy atom. The number of carbonyl (C=O) groups is 2. The molecule has 224 valence electrons. The molecule has 0 radical (unpaired) electrons. The number of rotatable bonds is 11. The van der Waals surface area contributed by atoms with Crippen LogP contribution in [0.4, 0.5) is 10.5 Å². The number of ether oxygens (including phenoxy) is 4. The Labute approximate surface area is 249 Å². The van der Waals surface area contributed by atoms with Crippen molar-refractivity contribution in [3.8, 4) is 23.1 Å². The van der Waals surface area contributed by atoms with Crippen molar-refractivity contribution < 1.29 is 28.5 Å². The molecule has 5 rings (SSSR count). The standard InChI is InChI=1S/C30H36ClN5O6/c1-3-10-32-29(38)35-23-7-6-20(14-22(23)31)42-28-21-15-25(39-2)26(16-24(21)33-19-34-28)41-13-4-5-27(37)36-11-8-30(9-12-36)17-40-18-30/h6-7,14-16,19H,3-5,8-13,17-18H2,1-2H3,(H2,32,35,38). The van der Waals surface area contributed by atoms with Crippen molar-refractivity contribution in [2.24, 2.45) is 5.41 Å². The van der Waals surface area contributed by atoms with E-state index in [1.165, 1.54) is 6.33 Å². The second-order valence-electron chi connectivity index (χ2n) is 10.6. The number of piperidine rings is 1. The van der Waals surface area contributed by atoms with E-state index in [4.69, 9.17) is 30.5 Å². The average Bonchev–Trinajstić information content (AvgIpc) is 2.98. The number of aromatic nitrogens is 2. The number of halogens is 1. The van der Waals surface area contributed by atoms with Crippen molar-refractivity contribution in [3.63, 3.8) is 0 Å². The molecule has 1 spiro atoms. The molecule has 0 aliphatic carbocycles. The molecular weight excluding hydrogens is 562 g/mol. The largest absolute Gasteiger partial charge is 0.493 e. The third-order valence-corrected chi connectivity index (χ3v) is 7.92. The lowest BCUT2D eigenvalue weighted by Gasteiger charge is -2.47. The van der Waals surface area contributed by atoms with Crippen LogP contribution < -0.4 is 24.8 Å². The molecule has 2 aliphatic heterocycles. The summed E-state index contributed by atoms with van der Waals surface area (Å²) >= 11 is 6.38. The lowest BCUT2D eigenvalue weighted by molar-refractivity contribution is -0.153. The summed E-state index contributed by atoms with van der Waals surface area (Å²) in [6.07, 6.45) is 5.29. The molecule has 1 aromatic heterocycles. The van der Waals surface area contributed by atoms with Crippen molar-refractivity contribution in [1.29, 1.82) is 0 Å². The summed E-state index contributed by atoms with van der Waals surface area (Å²) in [6, 6.07) is 8.15. The fourth-order valence-electron chi connectivity index (χ4n) is 5.04. The van der Waals surface area contributed by atoms with Gasteiger partial charge in [0.1, 0.15) is 12.1 Å². The van der Waals surface area contributed by atoms with E-state index in [9.17, 15) is 9.59 Å². The predicted octanol–water partition coefficient (Wildman–Crippen LogP) is 5.41. The van der Waals surface area contributed by atoms with Crippen LogP contribution in [-0.2, 0) is 9.53 Å². The normalized spacial score (nSPS) is 15.6. The molecule has 3 amide bonds. The minimum Gasteiger partial charge on any atom is -0.493 e. The van der Waals surface area contributed by atoms with Crippen LogP contribution in [0.1, 0.15) is 39.0 Å². The van der Waals surface area contributed by atoms with Gasteiger partial charge >= 0.3 is 6.03 Å². The third-order valence-electron chi connectivity index (χ3n) is 7.61. The van der Waals surface area contributed by atoms with E-state index >= 15 is 0 Å². The third kappa shape index (κ3) is 6.96. The van der Waals surface area contributed by atoms with E-state index in [2.05, 4.69) is 20.6 Å². The number of benzene rings is 2. The number of anilines is 1. The lowest BCUT2D eigenvalue weighted by Crippen LogP contribution is -2.52. The number of carbonyl (C=O) groups excluding carboxylic acids is 2. The Balaban J connectivity index is 1.19. The van der Waals surface area contributed by atoms with Gasteiger partial charge in [-0.1, -0.05) is 18.5 Å². The van der Waals surface area contributed by atoms with Crippen LogP contribution in [0.15, 0.2) is 36.7 Å². The first-order chi connectivity index (χ1) is 20.4. The fourth-order valence-corrected chi connectivity index (χ4v) is 5.26. The zero-order valence-electron chi connectivity index (χ0n) is 23.9. The molecule has 11 nitrogen and oxygen atoms in total. The summed E-state index contributed by atoms with van der Waals surface area (Å²) in [5, 5.41) is 6.40. The second kappa shape index (κ2) is 13.4. The summed E-state index contributed by atoms with van der Waals surface area (Å²) in [6.45, 7) is 6.16. The molecule has 2 aromatic carbocycles. The summed E-state index contributed by atoms with van der Waals surface area (Å²) in [5.74, 6) is 1.93. The number of nitrogens with zero attached hydrogens (tertiary/aromatic N) is 3. The molecule has 2 aliphatic rings. The minimum absolute atomic E-state index is 0.164. The fraction of sp³-hybridized carbons (Fsp3) is 0.467. The monoisotopic (exact) mass is 597 g/mol. The quantitative estimate of drug-likeness (QED) is 0.281. The molecule has 12 heteroatoms. The van der Waals surface area contributed by atoms with Crippen LogP contribution in [0.25, 0.3) is 10.9 Å². The Hall–Kier alpha value is -3.83. The molecule has 0 bridgehead atoms. The number of fused-ring (bicyclic) bond motifs is 1. The van der Waals surface area contributed by atoms with Gasteiger partial charge in [0.05, 0.1) is 48.5 Å². The van der Waals surface area contributed by atoms with Crippen LogP contribution >= 0.6 is 11.6 Å². The van der Waals surface area contributed by atoms with E-state index < -0.39 is 0 Å². The van der Waals surface area contributed by atoms with Crippen molar-refractivity contribution in [2.45, 2.75) is 39.0 Å². The van der Waals surface area contributed by atoms with Gasteiger partial charge in [-0.15, -0.1) is 0 Å². The molecule has 2 fully saturated rings. The van der Waals surface area contributed by atoms with Gasteiger partial charge in [-0.2, -0.15) is 0 Å². The maximum atomic E-state index is 12.7. The van der Waals surface area contributed by atoms with Crippen LogP contribution in [-0.4, -0.2) is 73.4 Å². The zero-order chi connectivity index (χ0) is 29.5. The molecule has 3 aromatic rings. The highest BCUT2D eigenvalue weighted by Gasteiger charge is 2.41. The number of urea groups is 1. The molecule has 42 heavy (non-hydrogen) atoms. The second-order valence-corrected chi connectivity index (χ2v) is 11.1. The molecule has 2 N–H and O–H groups in total. The summed E-state index contributed by atoms with van der Waals surface area (Å²) in [4.78, 5) is 35.3. The molecule has 2 saturated heterocycles. The number of likely N-dealkylation sites (tertiary alicyclic amines) is 1. The number of nitrogens with one attached hydrogen (secondary N) is 2. The van der Waals surface area contributed by atoms with E-state index in [-0.39, 0.29) is 11.9 Å². The van der Waals surface area contributed by atoms with Crippen LogP contribution in [0.3, 0.4) is 0 Å². The van der Waals surface area contributed by atoms with Gasteiger partial charge in [-0.3, -0.25) is 4.79 Å². The van der Waals surface area contributed by atoms with Gasteiger partial charge in [-0.05, 0) is 43.9 Å². The van der Waals surface area contributed by atoms with E-state index in [1.807, 2.05) is 11.8 Å². The van der Waals surface area contributed by atoms with Crippen molar-refractivity contribution in [3.05, 3.63) is 41.7 Å². The zero-order valence-corrected chi connectivity index (χ0v) is 24.7. The van der Waals surface area contributed by atoms with Crippen LogP contribution in [0, 0.1) is 5.41 Å². The maximum Gasteiger partial charge on any atom is 0.319 e. The SMILES string of the molecule is CCCNC(=O)Nc1ccc(Oc2ncnc3cc(OCCCC(=O)N4CCC5(CC4)COC5)c(OC)cc23)cc1Cl. The predicted molar refractivity (Wildman–Crippen MR) is 159 cm³/mol. The Morgan fingerprint density at radius 3 is 2.62 bits per heavy atom. The first kappa shape index (κ1) is 29.7. The van der Waals surface area contributed by atoms with Crippen LogP contribution in [0.2, 0.25) is 5.02 Å². The van der Waals surface area contributed by atoms with Crippen molar-refractivity contribution in [2.75, 3.05) is 51.9 Å². The van der Waals surface area contributed by atoms with E-state index in [0.29, 0.717) is 76.1 Å². The summed E-state index contributed by atoms with van der Waals surface area (Å²) < 4.78 is 23.0. The van der Waals surface area contributed by atoms with Gasteiger partial charge in [0.25, 0.3) is 0 Å². The van der Waals surface area contributed by atoms with E-state index in [1.54, 1.807) is 37.4 Å². The minimum atomic E-state index is -0.328. The highest BCUT2D eigenvalue weighted by Crippen LogP contribution is 2.39. The number of hydrogen-bond acceptors (Lipinski definition) is 8. The van der Waals surface area contributed by atoms with Gasteiger partial charge in [0.15, 0.2) is 11.5 Å². The molecule has 0 atom stereocenters. The number of hydrogen-bond donors (Lipinski definition) is 2. The highest BCUT2D eigenvalue weighted by molar-refractivity contribution is 6.33. The topological polar surface area (TPSA) is 124 Å². The van der Waals surface area contributed by atoms with E-state index in [0.717, 1.165) is 45.6 Å². The highest BCUT2D eigenvalue weighted by atomic mass is 35.5. The van der Waals surface area contributed by atoms with Crippen LogP contribution in [0.5, 0.6) is 23.1 Å². The van der Waals surface area contributed by atoms with Gasteiger partial charge in [0.2, 0.25) is 11.8 Å². The van der Waals surface area contributed by atoms with Crippen molar-refractivity contribution in [1.82, 2.24) is 20.2 Å². The number of methoxy groups -OCH3 is 1. The first-order valence-electron chi connectivity index (χ1n) is 14.2. The molecular formula is C30H36ClN5O6. The van der Waals surface area contributed by atoms with Gasteiger partial charge in [0, 0.05) is 43.6 Å². The Bertz CT molecular complexity index is 1420. The van der Waals surface area contributed by atoms with Gasteiger partial charge < -0.3 is 34.5 Å².